The van der Waals surface area contributed by atoms with Crippen molar-refractivity contribution in [1.29, 1.82) is 0 Å². The van der Waals surface area contributed by atoms with Crippen LogP contribution in [0.15, 0.2) is 58.9 Å². The maximum atomic E-state index is 12.1. The van der Waals surface area contributed by atoms with Crippen LogP contribution >= 0.6 is 11.3 Å². The van der Waals surface area contributed by atoms with Crippen molar-refractivity contribution in [2.24, 2.45) is 0 Å². The van der Waals surface area contributed by atoms with Gasteiger partial charge < -0.3 is 5.32 Å². The van der Waals surface area contributed by atoms with Gasteiger partial charge in [-0.1, -0.05) is 18.2 Å². The number of anilines is 1. The van der Waals surface area contributed by atoms with Crippen molar-refractivity contribution in [2.45, 2.75) is 11.4 Å². The Labute approximate surface area is 149 Å². The number of nitrogens with one attached hydrogen (secondary N) is 1. The predicted octanol–water partition coefficient (Wildman–Crippen LogP) is 2.79. The Bertz CT molecular complexity index is 982. The highest BCUT2D eigenvalue weighted by molar-refractivity contribution is 7.90. The summed E-state index contributed by atoms with van der Waals surface area (Å²) < 4.78 is 22.9. The molecule has 1 N–H and O–H groups in total. The van der Waals surface area contributed by atoms with Crippen LogP contribution < -0.4 is 5.32 Å². The van der Waals surface area contributed by atoms with Crippen LogP contribution in [0.25, 0.3) is 11.3 Å². The van der Waals surface area contributed by atoms with Crippen molar-refractivity contribution in [2.75, 3.05) is 11.6 Å². The first kappa shape index (κ1) is 17.2. The Hall–Kier alpha value is -2.58. The fourth-order valence-electron chi connectivity index (χ4n) is 2.20. The van der Waals surface area contributed by atoms with E-state index in [0.29, 0.717) is 17.8 Å². The average molecular weight is 373 g/mol. The lowest BCUT2D eigenvalue weighted by Crippen LogP contribution is -2.13. The van der Waals surface area contributed by atoms with E-state index in [1.54, 1.807) is 24.3 Å². The molecule has 0 atom stereocenters. The van der Waals surface area contributed by atoms with Gasteiger partial charge in [-0.15, -0.1) is 21.5 Å². The lowest BCUT2D eigenvalue weighted by atomic mass is 10.1. The molecule has 2 heterocycles. The zero-order chi connectivity index (χ0) is 17.9. The SMILES string of the molecule is CS(=O)(=O)c1ccc(-c2cccc(NC(=O)Cc3cccs3)c2)nn1. The number of hydrogen-bond donors (Lipinski definition) is 1. The molecule has 0 radical (unpaired) electrons. The Morgan fingerprint density at radius 2 is 1.96 bits per heavy atom. The van der Waals surface area contributed by atoms with Crippen molar-refractivity contribution >= 4 is 32.8 Å². The number of aromatic nitrogens is 2. The normalized spacial score (nSPS) is 11.2. The smallest absolute Gasteiger partial charge is 0.229 e. The summed E-state index contributed by atoms with van der Waals surface area (Å²) in [5.74, 6) is -0.0990. The Morgan fingerprint density at radius 3 is 2.60 bits per heavy atom. The highest BCUT2D eigenvalue weighted by Gasteiger charge is 2.11. The van der Waals surface area contributed by atoms with Crippen molar-refractivity contribution in [3.63, 3.8) is 0 Å². The second-order valence-corrected chi connectivity index (χ2v) is 8.41. The van der Waals surface area contributed by atoms with Gasteiger partial charge in [0, 0.05) is 22.4 Å². The minimum absolute atomic E-state index is 0.0725. The molecule has 1 amide bonds. The van der Waals surface area contributed by atoms with Crippen LogP contribution in [0.5, 0.6) is 0 Å². The molecule has 0 bridgehead atoms. The standard InChI is InChI=1S/C17H15N3O3S2/c1-25(22,23)17-8-7-15(19-20-17)12-4-2-5-13(10-12)18-16(21)11-14-6-3-9-24-14/h2-10H,11H2,1H3,(H,18,21). The zero-order valence-electron chi connectivity index (χ0n) is 13.3. The molecule has 25 heavy (non-hydrogen) atoms. The number of sulfone groups is 1. The summed E-state index contributed by atoms with van der Waals surface area (Å²) in [6.45, 7) is 0. The first-order valence-corrected chi connectivity index (χ1v) is 10.2. The number of rotatable bonds is 5. The quantitative estimate of drug-likeness (QED) is 0.743. The monoisotopic (exact) mass is 373 g/mol. The molecule has 8 heteroatoms. The second kappa shape index (κ2) is 7.12. The van der Waals surface area contributed by atoms with Crippen LogP contribution in [0.3, 0.4) is 0 Å². The van der Waals surface area contributed by atoms with Crippen LogP contribution in [0.2, 0.25) is 0 Å². The van der Waals surface area contributed by atoms with E-state index in [1.165, 1.54) is 17.4 Å². The van der Waals surface area contributed by atoms with Crippen LogP contribution in [0.4, 0.5) is 5.69 Å². The lowest BCUT2D eigenvalue weighted by molar-refractivity contribution is -0.115. The minimum Gasteiger partial charge on any atom is -0.326 e. The first-order chi connectivity index (χ1) is 11.9. The number of carbonyl (C=O) groups is 1. The van der Waals surface area contributed by atoms with Gasteiger partial charge in [-0.25, -0.2) is 8.42 Å². The van der Waals surface area contributed by atoms with Gasteiger partial charge in [0.1, 0.15) is 0 Å². The molecule has 128 valence electrons. The van der Waals surface area contributed by atoms with E-state index in [1.807, 2.05) is 23.6 Å². The Morgan fingerprint density at radius 1 is 1.12 bits per heavy atom. The van der Waals surface area contributed by atoms with Crippen LogP contribution in [-0.4, -0.2) is 30.8 Å². The molecule has 0 saturated heterocycles. The third-order valence-corrected chi connectivity index (χ3v) is 5.23. The summed E-state index contributed by atoms with van der Waals surface area (Å²) in [5.41, 5.74) is 1.91. The highest BCUT2D eigenvalue weighted by atomic mass is 32.2. The number of amides is 1. The molecule has 0 aliphatic heterocycles. The number of carbonyl (C=O) groups excluding carboxylic acids is 1. The molecule has 0 saturated carbocycles. The van der Waals surface area contributed by atoms with E-state index in [2.05, 4.69) is 15.5 Å². The van der Waals surface area contributed by atoms with Gasteiger partial charge >= 0.3 is 0 Å². The van der Waals surface area contributed by atoms with E-state index in [-0.39, 0.29) is 10.9 Å². The van der Waals surface area contributed by atoms with Gasteiger partial charge in [0.05, 0.1) is 12.1 Å². The van der Waals surface area contributed by atoms with Gasteiger partial charge in [-0.3, -0.25) is 4.79 Å². The van der Waals surface area contributed by atoms with Gasteiger partial charge in [-0.05, 0) is 35.7 Å². The molecular weight excluding hydrogens is 358 g/mol. The van der Waals surface area contributed by atoms with E-state index in [4.69, 9.17) is 0 Å². The summed E-state index contributed by atoms with van der Waals surface area (Å²) in [4.78, 5) is 13.1. The van der Waals surface area contributed by atoms with Crippen molar-refractivity contribution in [3.05, 3.63) is 58.8 Å². The summed E-state index contributed by atoms with van der Waals surface area (Å²) in [6, 6.07) is 14.0. The van der Waals surface area contributed by atoms with Crippen LogP contribution in [-0.2, 0) is 21.1 Å². The summed E-state index contributed by atoms with van der Waals surface area (Å²) in [6.07, 6.45) is 1.41. The van der Waals surface area contributed by atoms with Crippen molar-refractivity contribution < 1.29 is 13.2 Å². The molecule has 2 aromatic heterocycles. The maximum absolute atomic E-state index is 12.1. The third-order valence-electron chi connectivity index (χ3n) is 3.38. The summed E-state index contributed by atoms with van der Waals surface area (Å²) >= 11 is 1.54. The topological polar surface area (TPSA) is 89.0 Å². The van der Waals surface area contributed by atoms with Gasteiger partial charge in [0.2, 0.25) is 5.91 Å². The largest absolute Gasteiger partial charge is 0.326 e. The molecule has 0 fully saturated rings. The summed E-state index contributed by atoms with van der Waals surface area (Å²) in [7, 11) is -3.38. The lowest BCUT2D eigenvalue weighted by Gasteiger charge is -2.07. The fourth-order valence-corrected chi connectivity index (χ4v) is 3.41. The van der Waals surface area contributed by atoms with Gasteiger partial charge in [-0.2, -0.15) is 0 Å². The van der Waals surface area contributed by atoms with E-state index in [9.17, 15) is 13.2 Å². The molecule has 0 spiro atoms. The minimum atomic E-state index is -3.38. The molecule has 0 aliphatic carbocycles. The molecule has 0 unspecified atom stereocenters. The van der Waals surface area contributed by atoms with E-state index in [0.717, 1.165) is 16.7 Å². The average Bonchev–Trinajstić information content (AvgIpc) is 3.07. The highest BCUT2D eigenvalue weighted by Crippen LogP contribution is 2.21. The molecule has 1 aromatic carbocycles. The molecule has 0 aliphatic rings. The number of benzene rings is 1. The third kappa shape index (κ3) is 4.49. The predicted molar refractivity (Wildman–Crippen MR) is 97.2 cm³/mol. The van der Waals surface area contributed by atoms with E-state index < -0.39 is 9.84 Å². The molecular formula is C17H15N3O3S2. The first-order valence-electron chi connectivity index (χ1n) is 7.38. The Balaban J connectivity index is 1.76. The van der Waals surface area contributed by atoms with Gasteiger partial charge in [0.15, 0.2) is 14.9 Å². The second-order valence-electron chi connectivity index (χ2n) is 5.41. The van der Waals surface area contributed by atoms with Crippen LogP contribution in [0, 0.1) is 0 Å². The number of thiophene rings is 1. The molecule has 3 rings (SSSR count). The Kier molecular flexibility index (Phi) is 4.91. The van der Waals surface area contributed by atoms with Crippen molar-refractivity contribution in [1.82, 2.24) is 10.2 Å². The molecule has 3 aromatic rings. The number of nitrogens with zero attached hydrogens (tertiary/aromatic N) is 2. The van der Waals surface area contributed by atoms with Crippen molar-refractivity contribution in [3.8, 4) is 11.3 Å². The van der Waals surface area contributed by atoms with Gasteiger partial charge in [0.25, 0.3) is 0 Å². The van der Waals surface area contributed by atoms with Crippen LogP contribution in [0.1, 0.15) is 4.88 Å². The summed E-state index contributed by atoms with van der Waals surface area (Å²) in [5, 5.41) is 12.4. The fraction of sp³-hybridized carbons (Fsp3) is 0.118. The van der Waals surface area contributed by atoms with E-state index >= 15 is 0 Å². The molecule has 6 nitrogen and oxygen atoms in total. The maximum Gasteiger partial charge on any atom is 0.229 e. The number of hydrogen-bond acceptors (Lipinski definition) is 6. The zero-order valence-corrected chi connectivity index (χ0v) is 15.0.